The highest BCUT2D eigenvalue weighted by Crippen LogP contribution is 2.32. The summed E-state index contributed by atoms with van der Waals surface area (Å²) in [7, 11) is -2.09. The summed E-state index contributed by atoms with van der Waals surface area (Å²) < 4.78 is 34.3. The molecule has 3 rings (SSSR count). The molecule has 122 valence electrons. The number of aryl methyl sites for hydroxylation is 2. The largest absolute Gasteiger partial charge is 0.479 e. The third-order valence-electron chi connectivity index (χ3n) is 3.54. The van der Waals surface area contributed by atoms with Crippen molar-refractivity contribution in [1.29, 1.82) is 0 Å². The minimum atomic E-state index is -3.81. The predicted molar refractivity (Wildman–Crippen MR) is 83.9 cm³/mol. The Morgan fingerprint density at radius 2 is 2.09 bits per heavy atom. The first-order chi connectivity index (χ1) is 10.8. The summed E-state index contributed by atoms with van der Waals surface area (Å²) in [5.74, 6) is 0.349. The second-order valence-electron chi connectivity index (χ2n) is 5.31. The van der Waals surface area contributed by atoms with Gasteiger partial charge in [-0.2, -0.15) is 5.10 Å². The van der Waals surface area contributed by atoms with Gasteiger partial charge in [0.05, 0.1) is 10.6 Å². The van der Waals surface area contributed by atoms with E-state index in [1.807, 2.05) is 6.92 Å². The number of amides is 1. The van der Waals surface area contributed by atoms with Gasteiger partial charge in [-0.15, -0.1) is 0 Å². The molecule has 1 amide bonds. The van der Waals surface area contributed by atoms with Gasteiger partial charge in [-0.1, -0.05) is 0 Å². The molecule has 1 aliphatic rings. The van der Waals surface area contributed by atoms with Crippen LogP contribution in [-0.2, 0) is 21.9 Å². The fourth-order valence-corrected chi connectivity index (χ4v) is 3.18. The molecule has 1 atom stereocenters. The number of rotatable bonds is 3. The van der Waals surface area contributed by atoms with Gasteiger partial charge in [0.25, 0.3) is 15.9 Å². The Morgan fingerprint density at radius 3 is 2.74 bits per heavy atom. The van der Waals surface area contributed by atoms with E-state index >= 15 is 0 Å². The normalized spacial score (nSPS) is 17.2. The van der Waals surface area contributed by atoms with Gasteiger partial charge in [0.2, 0.25) is 0 Å². The van der Waals surface area contributed by atoms with Gasteiger partial charge in [-0.25, -0.2) is 8.42 Å². The lowest BCUT2D eigenvalue weighted by Gasteiger charge is -2.23. The Labute approximate surface area is 133 Å². The van der Waals surface area contributed by atoms with Crippen LogP contribution in [0, 0.1) is 6.92 Å². The highest BCUT2D eigenvalue weighted by atomic mass is 32.2. The number of aromatic nitrogens is 2. The van der Waals surface area contributed by atoms with Crippen LogP contribution in [0.3, 0.4) is 0 Å². The molecule has 1 aromatic heterocycles. The van der Waals surface area contributed by atoms with Gasteiger partial charge in [-0.05, 0) is 32.0 Å². The summed E-state index contributed by atoms with van der Waals surface area (Å²) in [5, 5.41) is 6.69. The molecule has 0 saturated heterocycles. The number of hydrogen-bond donors (Lipinski definition) is 2. The maximum atomic E-state index is 12.4. The van der Waals surface area contributed by atoms with Crippen LogP contribution in [0.5, 0.6) is 5.75 Å². The van der Waals surface area contributed by atoms with E-state index in [4.69, 9.17) is 4.74 Å². The molecular weight excluding hydrogens is 320 g/mol. The SMILES string of the molecule is Cc1cc(NS(=O)(=O)c2ccc3c(c2)NC(=O)[C@H](C)O3)nn1C. The minimum absolute atomic E-state index is 0.0120. The van der Waals surface area contributed by atoms with Gasteiger partial charge in [0, 0.05) is 18.8 Å². The van der Waals surface area contributed by atoms with E-state index in [0.29, 0.717) is 11.4 Å². The average Bonchev–Trinajstić information content (AvgIpc) is 2.77. The van der Waals surface area contributed by atoms with Crippen molar-refractivity contribution in [2.24, 2.45) is 7.05 Å². The molecule has 9 heteroatoms. The minimum Gasteiger partial charge on any atom is -0.479 e. The Hall–Kier alpha value is -2.55. The van der Waals surface area contributed by atoms with E-state index in [1.165, 1.54) is 18.2 Å². The molecule has 1 aromatic carbocycles. The monoisotopic (exact) mass is 336 g/mol. The van der Waals surface area contributed by atoms with Crippen LogP contribution < -0.4 is 14.8 Å². The number of benzene rings is 1. The number of anilines is 2. The zero-order valence-corrected chi connectivity index (χ0v) is 13.6. The number of carbonyl (C=O) groups is 1. The molecular formula is C14H16N4O4S. The van der Waals surface area contributed by atoms with E-state index < -0.39 is 16.1 Å². The topological polar surface area (TPSA) is 102 Å². The molecule has 8 nitrogen and oxygen atoms in total. The summed E-state index contributed by atoms with van der Waals surface area (Å²) >= 11 is 0. The summed E-state index contributed by atoms with van der Waals surface area (Å²) in [6.07, 6.45) is -0.612. The Morgan fingerprint density at radius 1 is 1.35 bits per heavy atom. The number of hydrogen-bond acceptors (Lipinski definition) is 5. The van der Waals surface area contributed by atoms with Crippen LogP contribution in [0.15, 0.2) is 29.2 Å². The van der Waals surface area contributed by atoms with Crippen LogP contribution in [0.2, 0.25) is 0 Å². The molecule has 0 radical (unpaired) electrons. The quantitative estimate of drug-likeness (QED) is 0.878. The number of ether oxygens (including phenoxy) is 1. The first-order valence-corrected chi connectivity index (χ1v) is 8.39. The lowest BCUT2D eigenvalue weighted by Crippen LogP contribution is -2.34. The van der Waals surface area contributed by atoms with Gasteiger partial charge in [-0.3, -0.25) is 14.2 Å². The first-order valence-electron chi connectivity index (χ1n) is 6.91. The van der Waals surface area contributed by atoms with Crippen molar-refractivity contribution in [3.05, 3.63) is 30.0 Å². The highest BCUT2D eigenvalue weighted by molar-refractivity contribution is 7.92. The van der Waals surface area contributed by atoms with E-state index in [9.17, 15) is 13.2 Å². The number of carbonyl (C=O) groups excluding carboxylic acids is 1. The second-order valence-corrected chi connectivity index (χ2v) is 6.99. The summed E-state index contributed by atoms with van der Waals surface area (Å²) in [6.45, 7) is 3.44. The molecule has 23 heavy (non-hydrogen) atoms. The van der Waals surface area contributed by atoms with Crippen molar-refractivity contribution in [3.63, 3.8) is 0 Å². The molecule has 1 aliphatic heterocycles. The van der Waals surface area contributed by atoms with Gasteiger partial charge >= 0.3 is 0 Å². The molecule has 0 fully saturated rings. The number of fused-ring (bicyclic) bond motifs is 1. The second kappa shape index (κ2) is 5.27. The predicted octanol–water partition coefficient (Wildman–Crippen LogP) is 1.25. The molecule has 0 spiro atoms. The number of nitrogens with zero attached hydrogens (tertiary/aromatic N) is 2. The lowest BCUT2D eigenvalue weighted by atomic mass is 10.2. The molecule has 0 saturated carbocycles. The van der Waals surface area contributed by atoms with E-state index in [0.717, 1.165) is 5.69 Å². The summed E-state index contributed by atoms with van der Waals surface area (Å²) in [6, 6.07) is 5.92. The van der Waals surface area contributed by atoms with E-state index in [2.05, 4.69) is 15.1 Å². The zero-order valence-electron chi connectivity index (χ0n) is 12.8. The third-order valence-corrected chi connectivity index (χ3v) is 4.90. The third kappa shape index (κ3) is 2.87. The molecule has 0 unspecified atom stereocenters. The van der Waals surface area contributed by atoms with Crippen molar-refractivity contribution in [2.75, 3.05) is 10.0 Å². The maximum Gasteiger partial charge on any atom is 0.265 e. The fraction of sp³-hybridized carbons (Fsp3) is 0.286. The molecule has 0 bridgehead atoms. The van der Waals surface area contributed by atoms with Crippen molar-refractivity contribution < 1.29 is 17.9 Å². The Kier molecular flexibility index (Phi) is 3.52. The number of nitrogens with one attached hydrogen (secondary N) is 2. The number of sulfonamides is 1. The molecule has 2 aromatic rings. The zero-order chi connectivity index (χ0) is 16.8. The Balaban J connectivity index is 1.91. The highest BCUT2D eigenvalue weighted by Gasteiger charge is 2.26. The van der Waals surface area contributed by atoms with Gasteiger partial charge in [0.1, 0.15) is 5.75 Å². The standard InChI is InChI=1S/C14H16N4O4S/c1-8-6-13(16-18(8)3)17-23(20,21)10-4-5-12-11(7-10)15-14(19)9(2)22-12/h4-7,9H,1-3H3,(H,15,19)(H,16,17)/t9-/m0/s1. The van der Waals surface area contributed by atoms with Crippen molar-refractivity contribution >= 4 is 27.4 Å². The summed E-state index contributed by atoms with van der Waals surface area (Å²) in [5.41, 5.74) is 1.15. The van der Waals surface area contributed by atoms with Crippen LogP contribution >= 0.6 is 0 Å². The van der Waals surface area contributed by atoms with Crippen LogP contribution in [0.25, 0.3) is 0 Å². The van der Waals surface area contributed by atoms with Crippen LogP contribution in [0.4, 0.5) is 11.5 Å². The fourth-order valence-electron chi connectivity index (χ4n) is 2.16. The van der Waals surface area contributed by atoms with Crippen molar-refractivity contribution in [2.45, 2.75) is 24.8 Å². The summed E-state index contributed by atoms with van der Waals surface area (Å²) in [4.78, 5) is 11.6. The van der Waals surface area contributed by atoms with Gasteiger partial charge in [0.15, 0.2) is 11.9 Å². The Bertz CT molecular complexity index is 869. The van der Waals surface area contributed by atoms with Crippen LogP contribution in [0.1, 0.15) is 12.6 Å². The molecule has 2 N–H and O–H groups in total. The first kappa shape index (κ1) is 15.3. The smallest absolute Gasteiger partial charge is 0.265 e. The average molecular weight is 336 g/mol. The van der Waals surface area contributed by atoms with Crippen LogP contribution in [-0.4, -0.2) is 30.2 Å². The van der Waals surface area contributed by atoms with E-state index in [-0.39, 0.29) is 16.6 Å². The maximum absolute atomic E-state index is 12.4. The molecule has 0 aliphatic carbocycles. The van der Waals surface area contributed by atoms with Gasteiger partial charge < -0.3 is 10.1 Å². The molecule has 2 heterocycles. The van der Waals surface area contributed by atoms with Crippen molar-refractivity contribution in [3.8, 4) is 5.75 Å². The lowest BCUT2D eigenvalue weighted by molar-refractivity contribution is -0.122. The van der Waals surface area contributed by atoms with Crippen molar-refractivity contribution in [1.82, 2.24) is 9.78 Å². The van der Waals surface area contributed by atoms with E-state index in [1.54, 1.807) is 24.7 Å².